The molecule has 2 aromatic heterocycles. The molecule has 0 amide bonds. The second-order valence-corrected chi connectivity index (χ2v) is 10.2. The molecule has 168 valence electrons. The molecule has 0 radical (unpaired) electrons. The van der Waals surface area contributed by atoms with Crippen LogP contribution in [0.2, 0.25) is 0 Å². The van der Waals surface area contributed by atoms with E-state index >= 15 is 0 Å². The fourth-order valence-corrected chi connectivity index (χ4v) is 5.90. The summed E-state index contributed by atoms with van der Waals surface area (Å²) in [6.45, 7) is 0. The van der Waals surface area contributed by atoms with Crippen molar-refractivity contribution in [2.75, 3.05) is 11.8 Å². The number of nitrogens with one attached hydrogen (secondary N) is 1. The number of methoxy groups -OCH3 is 1. The first-order chi connectivity index (χ1) is 16.0. The molecule has 1 saturated carbocycles. The van der Waals surface area contributed by atoms with Gasteiger partial charge < -0.3 is 13.7 Å². The van der Waals surface area contributed by atoms with Gasteiger partial charge in [-0.25, -0.2) is 13.4 Å². The van der Waals surface area contributed by atoms with Gasteiger partial charge in [-0.2, -0.15) is 0 Å². The highest BCUT2D eigenvalue weighted by atomic mass is 32.2. The Balaban J connectivity index is 1.39. The lowest BCUT2D eigenvalue weighted by atomic mass is 9.78. The van der Waals surface area contributed by atoms with Crippen molar-refractivity contribution in [3.63, 3.8) is 0 Å². The van der Waals surface area contributed by atoms with E-state index in [0.29, 0.717) is 18.6 Å². The van der Waals surface area contributed by atoms with Gasteiger partial charge in [-0.1, -0.05) is 29.4 Å². The first kappa shape index (κ1) is 20.0. The summed E-state index contributed by atoms with van der Waals surface area (Å²) in [6, 6.07) is 12.8. The third kappa shape index (κ3) is 3.31. The summed E-state index contributed by atoms with van der Waals surface area (Å²) in [5, 5.41) is 4.13. The zero-order chi connectivity index (χ0) is 22.6. The topological polar surface area (TPSA) is 107 Å². The van der Waals surface area contributed by atoms with Crippen molar-refractivity contribution in [2.45, 2.75) is 36.0 Å². The van der Waals surface area contributed by atoms with Crippen LogP contribution < -0.4 is 9.46 Å². The van der Waals surface area contributed by atoms with Crippen molar-refractivity contribution in [2.24, 2.45) is 0 Å². The summed E-state index contributed by atoms with van der Waals surface area (Å²) >= 11 is 0. The molecule has 0 unspecified atom stereocenters. The predicted octanol–water partition coefficient (Wildman–Crippen LogP) is 4.32. The van der Waals surface area contributed by atoms with Gasteiger partial charge in [-0.15, -0.1) is 0 Å². The van der Waals surface area contributed by atoms with Gasteiger partial charge in [-0.05, 0) is 48.6 Å². The van der Waals surface area contributed by atoms with Crippen LogP contribution in [0.15, 0.2) is 69.0 Å². The molecule has 6 rings (SSSR count). The van der Waals surface area contributed by atoms with Gasteiger partial charge in [0.2, 0.25) is 0 Å². The third-order valence-electron chi connectivity index (χ3n) is 6.52. The smallest absolute Gasteiger partial charge is 0.266 e. The molecule has 4 aromatic rings. The Morgan fingerprint density at radius 2 is 2.03 bits per heavy atom. The molecule has 1 fully saturated rings. The zero-order valence-electron chi connectivity index (χ0n) is 17.9. The van der Waals surface area contributed by atoms with Gasteiger partial charge in [-0.3, -0.25) is 4.72 Å². The number of fused-ring (bicyclic) bond motifs is 4. The summed E-state index contributed by atoms with van der Waals surface area (Å²) in [5.41, 5.74) is 4.90. The molecule has 2 aliphatic rings. The molecule has 1 N–H and O–H groups in total. The largest absolute Gasteiger partial charge is 0.495 e. The summed E-state index contributed by atoms with van der Waals surface area (Å²) in [4.78, 5) is 4.26. The molecule has 0 saturated heterocycles. The van der Waals surface area contributed by atoms with Crippen LogP contribution in [0, 0.1) is 0 Å². The predicted molar refractivity (Wildman–Crippen MR) is 120 cm³/mol. The molecule has 8 nitrogen and oxygen atoms in total. The van der Waals surface area contributed by atoms with Crippen LogP contribution in [0.3, 0.4) is 0 Å². The zero-order valence-corrected chi connectivity index (χ0v) is 18.7. The average molecular weight is 464 g/mol. The number of benzene rings is 2. The van der Waals surface area contributed by atoms with Crippen LogP contribution in [0.4, 0.5) is 5.82 Å². The quantitative estimate of drug-likeness (QED) is 0.454. The fraction of sp³-hybridized carbons (Fsp3) is 0.250. The summed E-state index contributed by atoms with van der Waals surface area (Å²) in [5.74, 6) is 1.11. The lowest BCUT2D eigenvalue weighted by Gasteiger charge is -2.25. The Morgan fingerprint density at radius 3 is 2.79 bits per heavy atom. The Hall–Kier alpha value is -3.59. The number of oxazole rings is 1. The molecule has 0 atom stereocenters. The highest BCUT2D eigenvalue weighted by molar-refractivity contribution is 7.92. The van der Waals surface area contributed by atoms with Gasteiger partial charge in [0.05, 0.1) is 12.8 Å². The van der Waals surface area contributed by atoms with Crippen molar-refractivity contribution in [3.8, 4) is 17.1 Å². The number of ether oxygens (including phenoxy) is 1. The molecule has 2 aromatic carbocycles. The summed E-state index contributed by atoms with van der Waals surface area (Å²) in [6.07, 6.45) is 6.46. The molecule has 1 spiro atoms. The van der Waals surface area contributed by atoms with E-state index in [2.05, 4.69) is 33.1 Å². The minimum absolute atomic E-state index is 0.00490. The molecule has 9 heteroatoms. The van der Waals surface area contributed by atoms with Crippen molar-refractivity contribution in [1.82, 2.24) is 10.1 Å². The number of anilines is 1. The number of hydrogen-bond acceptors (Lipinski definition) is 7. The Kier molecular flexibility index (Phi) is 4.38. The van der Waals surface area contributed by atoms with E-state index in [1.807, 2.05) is 0 Å². The van der Waals surface area contributed by atoms with E-state index in [9.17, 15) is 8.42 Å². The molecule has 2 aliphatic carbocycles. The maximum Gasteiger partial charge on any atom is 0.266 e. The monoisotopic (exact) mass is 463 g/mol. The molecule has 2 heterocycles. The van der Waals surface area contributed by atoms with Crippen LogP contribution in [-0.2, 0) is 28.3 Å². The van der Waals surface area contributed by atoms with E-state index in [4.69, 9.17) is 13.7 Å². The first-order valence-electron chi connectivity index (χ1n) is 10.6. The molecule has 0 aliphatic heterocycles. The van der Waals surface area contributed by atoms with Crippen molar-refractivity contribution in [1.29, 1.82) is 0 Å². The number of sulfonamides is 1. The molecular weight excluding hydrogens is 442 g/mol. The van der Waals surface area contributed by atoms with Crippen LogP contribution in [0.5, 0.6) is 5.75 Å². The van der Waals surface area contributed by atoms with Gasteiger partial charge in [0.25, 0.3) is 10.0 Å². The lowest BCUT2D eigenvalue weighted by Crippen LogP contribution is -2.20. The van der Waals surface area contributed by atoms with Crippen molar-refractivity contribution in [3.05, 3.63) is 77.5 Å². The number of para-hydroxylation sites is 1. The summed E-state index contributed by atoms with van der Waals surface area (Å²) in [7, 11) is -2.47. The van der Waals surface area contributed by atoms with Gasteiger partial charge in [0, 0.05) is 23.0 Å². The van der Waals surface area contributed by atoms with E-state index in [1.165, 1.54) is 25.1 Å². The number of hydrogen-bond donors (Lipinski definition) is 1. The van der Waals surface area contributed by atoms with Gasteiger partial charge in [0.1, 0.15) is 16.9 Å². The van der Waals surface area contributed by atoms with E-state index in [-0.39, 0.29) is 21.9 Å². The second-order valence-electron chi connectivity index (χ2n) is 8.59. The van der Waals surface area contributed by atoms with Gasteiger partial charge >= 0.3 is 0 Å². The maximum absolute atomic E-state index is 13.1. The molecular formula is C24H21N3O5S. The van der Waals surface area contributed by atoms with Gasteiger partial charge in [0.15, 0.2) is 18.0 Å². The average Bonchev–Trinajstić information content (AvgIpc) is 3.20. The number of nitrogens with zero attached hydrogens (tertiary/aromatic N) is 2. The highest BCUT2D eigenvalue weighted by Gasteiger charge is 2.50. The number of rotatable bonds is 6. The summed E-state index contributed by atoms with van der Waals surface area (Å²) < 4.78 is 44.9. The number of aromatic nitrogens is 2. The van der Waals surface area contributed by atoms with Crippen LogP contribution >= 0.6 is 0 Å². The van der Waals surface area contributed by atoms with E-state index in [1.54, 1.807) is 24.5 Å². The maximum atomic E-state index is 13.1. The Labute approximate surface area is 190 Å². The second kappa shape index (κ2) is 7.21. The van der Waals surface area contributed by atoms with Crippen molar-refractivity contribution < 1.29 is 22.1 Å². The third-order valence-corrected chi connectivity index (χ3v) is 7.89. The molecule has 33 heavy (non-hydrogen) atoms. The van der Waals surface area contributed by atoms with E-state index in [0.717, 1.165) is 35.2 Å². The van der Waals surface area contributed by atoms with Crippen LogP contribution in [-0.4, -0.2) is 25.7 Å². The Bertz CT molecular complexity index is 1450. The highest BCUT2D eigenvalue weighted by Crippen LogP contribution is 2.58. The first-order valence-corrected chi connectivity index (χ1v) is 12.1. The standard InChI is InChI=1S/C24H21N3O5S/c1-30-20-4-2-3-5-21(20)33(28,29)27-23-18-12-24(8-9-24)19-7-6-15(10-16-13-31-14-25-16)11-17(19)22(18)32-26-23/h2-7,11,13-14H,8-10,12H2,1H3,(H,26,27). The fourth-order valence-electron chi connectivity index (χ4n) is 4.70. The van der Waals surface area contributed by atoms with E-state index < -0.39 is 10.0 Å². The minimum atomic E-state index is -3.91. The normalized spacial score (nSPS) is 15.7. The van der Waals surface area contributed by atoms with Crippen LogP contribution in [0.25, 0.3) is 11.3 Å². The Morgan fingerprint density at radius 1 is 1.18 bits per heavy atom. The molecule has 0 bridgehead atoms. The lowest BCUT2D eigenvalue weighted by molar-refractivity contribution is 0.403. The SMILES string of the molecule is COc1ccccc1S(=O)(=O)Nc1noc2c1CC1(CC1)c1ccc(Cc3cocn3)cc1-2. The van der Waals surface area contributed by atoms with Crippen molar-refractivity contribution >= 4 is 15.8 Å². The van der Waals surface area contributed by atoms with Crippen LogP contribution in [0.1, 0.15) is 35.2 Å². The minimum Gasteiger partial charge on any atom is -0.495 e.